The minimum atomic E-state index is 1.06. The smallest absolute Gasteiger partial charge is 0.106 e. The maximum atomic E-state index is 8.00. The molecule has 0 unspecified atom stereocenters. The van der Waals surface area contributed by atoms with E-state index in [1.807, 2.05) is 13.8 Å². The first kappa shape index (κ1) is 15.8. The average molecular weight is 236 g/mol. The van der Waals surface area contributed by atoms with Crippen LogP contribution in [-0.4, -0.2) is 45.4 Å². The highest BCUT2D eigenvalue weighted by Crippen LogP contribution is 2.04. The van der Waals surface area contributed by atoms with Gasteiger partial charge in [-0.05, 0) is 33.0 Å². The Balaban J connectivity index is 0.00000121. The van der Waals surface area contributed by atoms with E-state index in [1.165, 1.54) is 11.1 Å². The summed E-state index contributed by atoms with van der Waals surface area (Å²) in [6.07, 6.45) is 1.14. The van der Waals surface area contributed by atoms with Crippen LogP contribution in [0.3, 0.4) is 0 Å². The van der Waals surface area contributed by atoms with Crippen LogP contribution >= 0.6 is 0 Å². The Hall–Kier alpha value is -1.19. The van der Waals surface area contributed by atoms with E-state index in [1.54, 1.807) is 0 Å². The van der Waals surface area contributed by atoms with Crippen LogP contribution in [-0.2, 0) is 11.2 Å². The molecule has 1 aromatic rings. The Morgan fingerprint density at radius 2 is 1.76 bits per heavy atom. The largest absolute Gasteiger partial charge is 0.318 e. The molecule has 0 spiro atoms. The summed E-state index contributed by atoms with van der Waals surface area (Å²) in [5, 5.41) is 3.16. The van der Waals surface area contributed by atoms with Gasteiger partial charge >= 0.3 is 0 Å². The van der Waals surface area contributed by atoms with Gasteiger partial charge < -0.3 is 15.0 Å². The maximum Gasteiger partial charge on any atom is 0.106 e. The second kappa shape index (κ2) is 10.00. The van der Waals surface area contributed by atoms with E-state index in [2.05, 4.69) is 48.5 Å². The molecule has 0 amide bonds. The number of nitrogens with zero attached hydrogens (tertiary/aromatic N) is 1. The fourth-order valence-electron chi connectivity index (χ4n) is 1.49. The van der Waals surface area contributed by atoms with Gasteiger partial charge in [0.25, 0.3) is 0 Å². The lowest BCUT2D eigenvalue weighted by molar-refractivity contribution is -0.0979. The van der Waals surface area contributed by atoms with Crippen LogP contribution in [0.5, 0.6) is 0 Å². The Morgan fingerprint density at radius 1 is 1.18 bits per heavy atom. The number of aryl methyl sites for hydroxylation is 1. The fourth-order valence-corrected chi connectivity index (χ4v) is 1.49. The van der Waals surface area contributed by atoms with E-state index >= 15 is 0 Å². The number of benzene rings is 1. The molecule has 0 aliphatic carbocycles. The summed E-state index contributed by atoms with van der Waals surface area (Å²) in [4.78, 5) is 10.4. The van der Waals surface area contributed by atoms with Crippen molar-refractivity contribution >= 4 is 6.79 Å². The third-order valence-corrected chi connectivity index (χ3v) is 2.65. The monoisotopic (exact) mass is 236 g/mol. The minimum absolute atomic E-state index is 1.06. The molecule has 1 aromatic carbocycles. The molecule has 0 heterocycles. The molecule has 3 nitrogen and oxygen atoms in total. The van der Waals surface area contributed by atoms with Crippen LogP contribution in [0, 0.1) is 6.92 Å². The van der Waals surface area contributed by atoms with E-state index in [0.717, 1.165) is 26.1 Å². The van der Waals surface area contributed by atoms with Gasteiger partial charge in [-0.1, -0.05) is 29.8 Å². The van der Waals surface area contributed by atoms with Crippen LogP contribution in [0.1, 0.15) is 11.1 Å². The van der Waals surface area contributed by atoms with Gasteiger partial charge in [0.1, 0.15) is 6.79 Å². The summed E-state index contributed by atoms with van der Waals surface area (Å²) in [5.74, 6) is 0. The molecule has 0 aromatic heterocycles. The van der Waals surface area contributed by atoms with Crippen molar-refractivity contribution in [3.05, 3.63) is 35.4 Å². The van der Waals surface area contributed by atoms with Crippen LogP contribution in [0.25, 0.3) is 0 Å². The third kappa shape index (κ3) is 7.66. The molecule has 0 bridgehead atoms. The predicted octanol–water partition coefficient (Wildman–Crippen LogP) is 1.50. The van der Waals surface area contributed by atoms with Crippen molar-refractivity contribution in [2.75, 3.05) is 33.7 Å². The molecular formula is C14H24N2O. The van der Waals surface area contributed by atoms with E-state index in [-0.39, 0.29) is 0 Å². The van der Waals surface area contributed by atoms with Crippen molar-refractivity contribution in [3.63, 3.8) is 0 Å². The van der Waals surface area contributed by atoms with Crippen LogP contribution in [0.15, 0.2) is 24.3 Å². The van der Waals surface area contributed by atoms with Crippen molar-refractivity contribution in [2.45, 2.75) is 13.3 Å². The molecule has 3 heteroatoms. The summed E-state index contributed by atoms with van der Waals surface area (Å²) in [5.41, 5.74) is 2.76. The zero-order chi connectivity index (χ0) is 13.1. The van der Waals surface area contributed by atoms with Crippen molar-refractivity contribution in [1.29, 1.82) is 0 Å². The second-order valence-corrected chi connectivity index (χ2v) is 4.14. The van der Waals surface area contributed by atoms with Gasteiger partial charge in [0.2, 0.25) is 0 Å². The lowest BCUT2D eigenvalue weighted by Gasteiger charge is -2.16. The summed E-state index contributed by atoms with van der Waals surface area (Å²) in [7, 11) is 4.17. The summed E-state index contributed by atoms with van der Waals surface area (Å²) in [6, 6.07) is 8.81. The highest BCUT2D eigenvalue weighted by Gasteiger charge is 1.98. The number of carbonyl (C=O) groups is 1. The standard InChI is InChI=1S/C13H22N2.CH2O/c1-12-4-6-13(7-5-12)8-10-15(3)11-9-14-2;1-2/h4-7,14H,8-11H2,1-3H3;1H2. The molecule has 0 saturated carbocycles. The number of hydrogen-bond acceptors (Lipinski definition) is 3. The van der Waals surface area contributed by atoms with Gasteiger partial charge in [-0.15, -0.1) is 0 Å². The molecule has 0 saturated heterocycles. The highest BCUT2D eigenvalue weighted by molar-refractivity contribution is 5.21. The van der Waals surface area contributed by atoms with Crippen molar-refractivity contribution in [1.82, 2.24) is 10.2 Å². The topological polar surface area (TPSA) is 32.3 Å². The summed E-state index contributed by atoms with van der Waals surface area (Å²) < 4.78 is 0. The van der Waals surface area contributed by atoms with Gasteiger partial charge in [-0.2, -0.15) is 0 Å². The van der Waals surface area contributed by atoms with Crippen molar-refractivity contribution in [3.8, 4) is 0 Å². The van der Waals surface area contributed by atoms with Gasteiger partial charge in [0.05, 0.1) is 0 Å². The molecule has 0 aliphatic rings. The van der Waals surface area contributed by atoms with E-state index < -0.39 is 0 Å². The van der Waals surface area contributed by atoms with Crippen LogP contribution in [0.2, 0.25) is 0 Å². The number of rotatable bonds is 6. The van der Waals surface area contributed by atoms with Gasteiger partial charge in [0, 0.05) is 19.6 Å². The molecular weight excluding hydrogens is 212 g/mol. The predicted molar refractivity (Wildman–Crippen MR) is 73.4 cm³/mol. The Labute approximate surface area is 105 Å². The SMILES string of the molecule is C=O.CNCCN(C)CCc1ccc(C)cc1. The zero-order valence-electron chi connectivity index (χ0n) is 11.2. The number of likely N-dealkylation sites (N-methyl/N-ethyl adjacent to an activating group) is 2. The summed E-state index contributed by atoms with van der Waals surface area (Å²) in [6.45, 7) is 7.43. The molecule has 0 atom stereocenters. The fraction of sp³-hybridized carbons (Fsp3) is 0.500. The lowest BCUT2D eigenvalue weighted by Crippen LogP contribution is -2.29. The molecule has 1 N–H and O–H groups in total. The van der Waals surface area contributed by atoms with E-state index in [4.69, 9.17) is 4.79 Å². The van der Waals surface area contributed by atoms with Gasteiger partial charge in [-0.25, -0.2) is 0 Å². The molecule has 96 valence electrons. The molecule has 17 heavy (non-hydrogen) atoms. The van der Waals surface area contributed by atoms with Crippen molar-refractivity contribution in [2.24, 2.45) is 0 Å². The normalized spacial score (nSPS) is 9.88. The molecule has 0 aliphatic heterocycles. The number of hydrogen-bond donors (Lipinski definition) is 1. The second-order valence-electron chi connectivity index (χ2n) is 4.14. The lowest BCUT2D eigenvalue weighted by atomic mass is 10.1. The quantitative estimate of drug-likeness (QED) is 0.812. The number of carbonyl (C=O) groups excluding carboxylic acids is 1. The van der Waals surface area contributed by atoms with Gasteiger partial charge in [-0.3, -0.25) is 0 Å². The summed E-state index contributed by atoms with van der Waals surface area (Å²) >= 11 is 0. The van der Waals surface area contributed by atoms with Crippen molar-refractivity contribution < 1.29 is 4.79 Å². The molecule has 1 rings (SSSR count). The average Bonchev–Trinajstić information content (AvgIpc) is 2.38. The van der Waals surface area contributed by atoms with Crippen LogP contribution < -0.4 is 5.32 Å². The molecule has 0 fully saturated rings. The Bertz CT molecular complexity index is 285. The van der Waals surface area contributed by atoms with E-state index in [0.29, 0.717) is 0 Å². The Morgan fingerprint density at radius 3 is 2.29 bits per heavy atom. The zero-order valence-corrected chi connectivity index (χ0v) is 11.2. The highest BCUT2D eigenvalue weighted by atomic mass is 16.1. The molecule has 0 radical (unpaired) electrons. The van der Waals surface area contributed by atoms with E-state index in [9.17, 15) is 0 Å². The minimum Gasteiger partial charge on any atom is -0.318 e. The first-order valence-electron chi connectivity index (χ1n) is 5.90. The van der Waals surface area contributed by atoms with Gasteiger partial charge in [0.15, 0.2) is 0 Å². The number of nitrogens with one attached hydrogen (secondary N) is 1. The maximum absolute atomic E-state index is 8.00. The first-order valence-corrected chi connectivity index (χ1v) is 5.90. The Kier molecular flexibility index (Phi) is 9.30. The first-order chi connectivity index (χ1) is 8.22. The third-order valence-electron chi connectivity index (χ3n) is 2.65. The van der Waals surface area contributed by atoms with Crippen LogP contribution in [0.4, 0.5) is 0 Å².